The molecule has 2 saturated carbocycles. The molecule has 0 bridgehead atoms. The van der Waals surface area contributed by atoms with Crippen LogP contribution >= 0.6 is 11.6 Å². The van der Waals surface area contributed by atoms with Gasteiger partial charge < -0.3 is 10.2 Å². The molecule has 1 aliphatic heterocycles. The summed E-state index contributed by atoms with van der Waals surface area (Å²) in [6.45, 7) is 4.27. The van der Waals surface area contributed by atoms with E-state index >= 15 is 0 Å². The van der Waals surface area contributed by atoms with Gasteiger partial charge in [0, 0.05) is 12.1 Å². The van der Waals surface area contributed by atoms with Crippen LogP contribution in [0, 0.1) is 5.92 Å². The Morgan fingerprint density at radius 2 is 2.00 bits per heavy atom. The minimum absolute atomic E-state index is 0.0221. The van der Waals surface area contributed by atoms with E-state index < -0.39 is 11.1 Å². The molecular formula is C16H23ClN2O2. The van der Waals surface area contributed by atoms with Crippen molar-refractivity contribution in [3.63, 3.8) is 0 Å². The van der Waals surface area contributed by atoms with E-state index in [1.165, 1.54) is 5.54 Å². The fourth-order valence-electron chi connectivity index (χ4n) is 3.88. The largest absolute Gasteiger partial charge is 0.340 e. The van der Waals surface area contributed by atoms with Gasteiger partial charge in [-0.3, -0.25) is 9.59 Å². The quantitative estimate of drug-likeness (QED) is 0.871. The molecule has 4 nitrogen and oxygen atoms in total. The van der Waals surface area contributed by atoms with Gasteiger partial charge in [-0.05, 0) is 51.0 Å². The van der Waals surface area contributed by atoms with Crippen LogP contribution in [0.15, 0.2) is 11.1 Å². The molecule has 2 amide bonds. The Morgan fingerprint density at radius 3 is 2.52 bits per heavy atom. The lowest BCUT2D eigenvalue weighted by molar-refractivity contribution is -0.163. The summed E-state index contributed by atoms with van der Waals surface area (Å²) in [5, 5.41) is 3.09. The van der Waals surface area contributed by atoms with Gasteiger partial charge in [0.15, 0.2) is 0 Å². The number of rotatable bonds is 3. The maximum atomic E-state index is 13.1. The van der Waals surface area contributed by atoms with Crippen LogP contribution in [0.4, 0.5) is 0 Å². The Bertz CT molecular complexity index is 506. The van der Waals surface area contributed by atoms with Gasteiger partial charge in [-0.2, -0.15) is 0 Å². The predicted octanol–water partition coefficient (Wildman–Crippen LogP) is 2.57. The smallest absolute Gasteiger partial charge is 0.249 e. The van der Waals surface area contributed by atoms with E-state index in [9.17, 15) is 9.59 Å². The van der Waals surface area contributed by atoms with E-state index in [1.807, 2.05) is 18.7 Å². The maximum Gasteiger partial charge on any atom is 0.249 e. The van der Waals surface area contributed by atoms with E-state index in [-0.39, 0.29) is 17.7 Å². The van der Waals surface area contributed by atoms with Crippen molar-refractivity contribution < 1.29 is 9.59 Å². The lowest BCUT2D eigenvalue weighted by atomic mass is 9.82. The molecule has 1 unspecified atom stereocenters. The summed E-state index contributed by atoms with van der Waals surface area (Å²) in [4.78, 5) is 27.8. The van der Waals surface area contributed by atoms with Gasteiger partial charge in [0.1, 0.15) is 11.1 Å². The fraction of sp³-hybridized carbons (Fsp3) is 0.750. The number of hydrogen-bond acceptors (Lipinski definition) is 2. The molecule has 21 heavy (non-hydrogen) atoms. The summed E-state index contributed by atoms with van der Waals surface area (Å²) in [6.07, 6.45) is 5.57. The van der Waals surface area contributed by atoms with Crippen molar-refractivity contribution in [1.29, 1.82) is 0 Å². The number of nitrogens with zero attached hydrogens (tertiary/aromatic N) is 1. The number of hydrogen-bond donors (Lipinski definition) is 1. The molecule has 2 aliphatic carbocycles. The summed E-state index contributed by atoms with van der Waals surface area (Å²) in [7, 11) is 0. The molecule has 0 radical (unpaired) electrons. The number of piperazine rings is 1. The summed E-state index contributed by atoms with van der Waals surface area (Å²) in [5.74, 6) is 0.393. The molecule has 1 saturated heterocycles. The Hall–Kier alpha value is -1.03. The zero-order valence-electron chi connectivity index (χ0n) is 12.7. The highest BCUT2D eigenvalue weighted by Gasteiger charge is 2.61. The van der Waals surface area contributed by atoms with Crippen LogP contribution in [-0.2, 0) is 9.59 Å². The van der Waals surface area contributed by atoms with Gasteiger partial charge in [-0.1, -0.05) is 24.4 Å². The molecular weight excluding hydrogens is 288 g/mol. The first-order valence-electron chi connectivity index (χ1n) is 7.84. The first-order chi connectivity index (χ1) is 9.94. The Kier molecular flexibility index (Phi) is 3.55. The molecule has 0 aromatic rings. The van der Waals surface area contributed by atoms with E-state index in [4.69, 9.17) is 11.6 Å². The molecule has 3 aliphatic rings. The van der Waals surface area contributed by atoms with Crippen molar-refractivity contribution in [2.24, 2.45) is 5.92 Å². The van der Waals surface area contributed by atoms with Crippen LogP contribution in [0.3, 0.4) is 0 Å². The third-order valence-electron chi connectivity index (χ3n) is 5.45. The van der Waals surface area contributed by atoms with Crippen LogP contribution < -0.4 is 5.32 Å². The molecule has 1 heterocycles. The molecule has 1 atom stereocenters. The second kappa shape index (κ2) is 5.01. The summed E-state index contributed by atoms with van der Waals surface area (Å²) in [6, 6.07) is 0. The summed E-state index contributed by atoms with van der Waals surface area (Å²) >= 11 is 5.79. The second-order valence-electron chi connectivity index (χ2n) is 7.01. The normalized spacial score (nSPS) is 32.7. The molecule has 3 fully saturated rings. The van der Waals surface area contributed by atoms with Gasteiger partial charge in [0.2, 0.25) is 11.8 Å². The lowest BCUT2D eigenvalue weighted by Crippen LogP contribution is -2.75. The van der Waals surface area contributed by atoms with Crippen molar-refractivity contribution in [3.05, 3.63) is 11.1 Å². The van der Waals surface area contributed by atoms with Crippen LogP contribution in [0.2, 0.25) is 0 Å². The van der Waals surface area contributed by atoms with E-state index in [0.29, 0.717) is 6.54 Å². The monoisotopic (exact) mass is 310 g/mol. The lowest BCUT2D eigenvalue weighted by Gasteiger charge is -2.50. The number of carbonyl (C=O) groups is 2. The van der Waals surface area contributed by atoms with Crippen molar-refractivity contribution >= 4 is 23.4 Å². The first-order valence-corrected chi connectivity index (χ1v) is 8.28. The second-order valence-corrected chi connectivity index (χ2v) is 7.23. The van der Waals surface area contributed by atoms with Crippen LogP contribution in [-0.4, -0.2) is 34.3 Å². The molecule has 3 rings (SSSR count). The van der Waals surface area contributed by atoms with Crippen LogP contribution in [0.5, 0.6) is 0 Å². The highest BCUT2D eigenvalue weighted by molar-refractivity contribution is 6.25. The van der Waals surface area contributed by atoms with Crippen LogP contribution in [0.1, 0.15) is 52.4 Å². The molecule has 116 valence electrons. The highest BCUT2D eigenvalue weighted by atomic mass is 35.5. The fourth-order valence-corrected chi connectivity index (χ4v) is 3.95. The SMILES string of the molecule is CC(=CCl)CN1C(=O)C2(CCCC2)NC(=O)C1(C)C1CC1. The highest BCUT2D eigenvalue weighted by Crippen LogP contribution is 2.48. The first kappa shape index (κ1) is 14.9. The minimum atomic E-state index is -0.716. The number of amides is 2. The molecule has 1 spiro atoms. The van der Waals surface area contributed by atoms with E-state index in [1.54, 1.807) is 0 Å². The van der Waals surface area contributed by atoms with Crippen molar-refractivity contribution in [3.8, 4) is 0 Å². The summed E-state index contributed by atoms with van der Waals surface area (Å²) < 4.78 is 0. The average molecular weight is 311 g/mol. The van der Waals surface area contributed by atoms with Crippen LogP contribution in [0.25, 0.3) is 0 Å². The molecule has 1 N–H and O–H groups in total. The zero-order chi connectivity index (χ0) is 15.3. The van der Waals surface area contributed by atoms with Crippen molar-refractivity contribution in [1.82, 2.24) is 10.2 Å². The van der Waals surface area contributed by atoms with E-state index in [2.05, 4.69) is 5.32 Å². The Balaban J connectivity index is 1.98. The van der Waals surface area contributed by atoms with Gasteiger partial charge in [-0.15, -0.1) is 0 Å². The van der Waals surface area contributed by atoms with Crippen molar-refractivity contribution in [2.45, 2.75) is 63.5 Å². The van der Waals surface area contributed by atoms with Crippen molar-refractivity contribution in [2.75, 3.05) is 6.54 Å². The average Bonchev–Trinajstić information content (AvgIpc) is 3.22. The third kappa shape index (κ3) is 2.19. The standard InChI is InChI=1S/C16H23ClN2O2/c1-11(9-17)10-19-14(21)16(7-3-4-8-16)18-13(20)15(19,2)12-5-6-12/h9,12H,3-8,10H2,1-2H3,(H,18,20). The molecule has 5 heteroatoms. The number of carbonyl (C=O) groups excluding carboxylic acids is 2. The molecule has 0 aromatic carbocycles. The maximum absolute atomic E-state index is 13.1. The Morgan fingerprint density at radius 1 is 1.38 bits per heavy atom. The van der Waals surface area contributed by atoms with Gasteiger partial charge in [0.05, 0.1) is 0 Å². The molecule has 0 aromatic heterocycles. The topological polar surface area (TPSA) is 49.4 Å². The van der Waals surface area contributed by atoms with Gasteiger partial charge >= 0.3 is 0 Å². The Labute approximate surface area is 130 Å². The van der Waals surface area contributed by atoms with E-state index in [0.717, 1.165) is 44.1 Å². The van der Waals surface area contributed by atoms with Gasteiger partial charge in [-0.25, -0.2) is 0 Å². The zero-order valence-corrected chi connectivity index (χ0v) is 13.5. The third-order valence-corrected chi connectivity index (χ3v) is 5.82. The number of halogens is 1. The number of nitrogens with one attached hydrogen (secondary N) is 1. The predicted molar refractivity (Wildman–Crippen MR) is 81.8 cm³/mol. The van der Waals surface area contributed by atoms with Gasteiger partial charge in [0.25, 0.3) is 0 Å². The summed E-state index contributed by atoms with van der Waals surface area (Å²) in [5.41, 5.74) is 1.05. The minimum Gasteiger partial charge on any atom is -0.340 e.